The first-order chi connectivity index (χ1) is 9.60. The molecule has 1 atom stereocenters. The lowest BCUT2D eigenvalue weighted by Gasteiger charge is -2.20. The maximum absolute atomic E-state index is 3.45. The van der Waals surface area contributed by atoms with Crippen molar-refractivity contribution < 1.29 is 0 Å². The van der Waals surface area contributed by atoms with Crippen LogP contribution >= 0.6 is 11.8 Å². The molecule has 1 rings (SSSR count). The molecule has 20 heavy (non-hydrogen) atoms. The molecule has 0 aliphatic rings. The molecule has 3 heteroatoms. The van der Waals surface area contributed by atoms with E-state index in [0.29, 0.717) is 6.04 Å². The van der Waals surface area contributed by atoms with Crippen LogP contribution in [0.15, 0.2) is 18.2 Å². The zero-order valence-electron chi connectivity index (χ0n) is 13.7. The number of benzene rings is 1. The molecule has 1 unspecified atom stereocenters. The molecule has 0 saturated carbocycles. The highest BCUT2D eigenvalue weighted by Crippen LogP contribution is 2.20. The second-order valence-corrected chi connectivity index (χ2v) is 6.51. The Morgan fingerprint density at radius 2 is 1.70 bits per heavy atom. The third-order valence-electron chi connectivity index (χ3n) is 3.73. The predicted octanol–water partition coefficient (Wildman–Crippen LogP) is 3.64. The standard InChI is InChI=1S/C17H30N2S/c1-6-19(7-2)8-9-20-13-17(18-5)16-11-14(3)10-15(4)12-16/h10-12,17-18H,6-9,13H2,1-5H3. The van der Waals surface area contributed by atoms with Gasteiger partial charge in [0, 0.05) is 24.1 Å². The summed E-state index contributed by atoms with van der Waals surface area (Å²) in [6.45, 7) is 12.3. The molecule has 1 aromatic rings. The fourth-order valence-corrected chi connectivity index (χ4v) is 3.64. The Hall–Kier alpha value is -0.510. The van der Waals surface area contributed by atoms with Gasteiger partial charge in [-0.2, -0.15) is 11.8 Å². The highest BCUT2D eigenvalue weighted by Gasteiger charge is 2.10. The number of hydrogen-bond donors (Lipinski definition) is 1. The second-order valence-electron chi connectivity index (χ2n) is 5.36. The normalized spacial score (nSPS) is 12.9. The molecule has 0 fully saturated rings. The Labute approximate surface area is 129 Å². The zero-order valence-corrected chi connectivity index (χ0v) is 14.5. The van der Waals surface area contributed by atoms with Gasteiger partial charge < -0.3 is 10.2 Å². The van der Waals surface area contributed by atoms with Crippen molar-refractivity contribution >= 4 is 11.8 Å². The summed E-state index contributed by atoms with van der Waals surface area (Å²) in [5.74, 6) is 2.35. The van der Waals surface area contributed by atoms with Gasteiger partial charge in [-0.15, -0.1) is 0 Å². The Bertz CT molecular complexity index is 368. The van der Waals surface area contributed by atoms with Crippen LogP contribution in [0.5, 0.6) is 0 Å². The van der Waals surface area contributed by atoms with E-state index in [1.165, 1.54) is 29.0 Å². The molecule has 0 saturated heterocycles. The van der Waals surface area contributed by atoms with E-state index in [0.717, 1.165) is 18.8 Å². The largest absolute Gasteiger partial charge is 0.312 e. The Morgan fingerprint density at radius 3 is 2.20 bits per heavy atom. The van der Waals surface area contributed by atoms with E-state index in [2.05, 4.69) is 63.2 Å². The van der Waals surface area contributed by atoms with Crippen LogP contribution in [0.3, 0.4) is 0 Å². The van der Waals surface area contributed by atoms with Gasteiger partial charge in [0.1, 0.15) is 0 Å². The average Bonchev–Trinajstić information content (AvgIpc) is 2.42. The third kappa shape index (κ3) is 5.86. The van der Waals surface area contributed by atoms with Gasteiger partial charge in [-0.3, -0.25) is 0 Å². The summed E-state index contributed by atoms with van der Waals surface area (Å²) >= 11 is 2.05. The molecule has 114 valence electrons. The Balaban J connectivity index is 2.47. The quantitative estimate of drug-likeness (QED) is 0.700. The minimum Gasteiger partial charge on any atom is -0.312 e. The lowest BCUT2D eigenvalue weighted by Crippen LogP contribution is -2.26. The second kappa shape index (κ2) is 9.43. The van der Waals surface area contributed by atoms with Crippen LogP contribution in [0, 0.1) is 13.8 Å². The molecule has 0 radical (unpaired) electrons. The smallest absolute Gasteiger partial charge is 0.0409 e. The summed E-state index contributed by atoms with van der Waals surface area (Å²) in [6.07, 6.45) is 0. The molecule has 0 aromatic heterocycles. The van der Waals surface area contributed by atoms with Gasteiger partial charge in [-0.1, -0.05) is 43.2 Å². The van der Waals surface area contributed by atoms with Crippen molar-refractivity contribution in [3.05, 3.63) is 34.9 Å². The van der Waals surface area contributed by atoms with Crippen LogP contribution in [0.25, 0.3) is 0 Å². The lowest BCUT2D eigenvalue weighted by atomic mass is 10.0. The van der Waals surface area contributed by atoms with E-state index >= 15 is 0 Å². The average molecular weight is 295 g/mol. The summed E-state index contributed by atoms with van der Waals surface area (Å²) in [5.41, 5.74) is 4.13. The van der Waals surface area contributed by atoms with Gasteiger partial charge in [0.05, 0.1) is 0 Å². The monoisotopic (exact) mass is 294 g/mol. The summed E-state index contributed by atoms with van der Waals surface area (Å²) in [6, 6.07) is 7.30. The maximum atomic E-state index is 3.45. The fourth-order valence-electron chi connectivity index (χ4n) is 2.49. The molecule has 0 aliphatic heterocycles. The minimum absolute atomic E-state index is 0.454. The van der Waals surface area contributed by atoms with E-state index in [-0.39, 0.29) is 0 Å². The van der Waals surface area contributed by atoms with Gasteiger partial charge in [-0.25, -0.2) is 0 Å². The Morgan fingerprint density at radius 1 is 1.10 bits per heavy atom. The van der Waals surface area contributed by atoms with Crippen molar-refractivity contribution in [2.45, 2.75) is 33.7 Å². The van der Waals surface area contributed by atoms with Gasteiger partial charge in [-0.05, 0) is 39.5 Å². The van der Waals surface area contributed by atoms with Gasteiger partial charge in [0.15, 0.2) is 0 Å². The number of nitrogens with zero attached hydrogens (tertiary/aromatic N) is 1. The molecule has 1 N–H and O–H groups in total. The highest BCUT2D eigenvalue weighted by molar-refractivity contribution is 7.99. The van der Waals surface area contributed by atoms with E-state index in [1.54, 1.807) is 0 Å². The van der Waals surface area contributed by atoms with Crippen molar-refractivity contribution in [1.29, 1.82) is 0 Å². The van der Waals surface area contributed by atoms with Crippen molar-refractivity contribution in [2.24, 2.45) is 0 Å². The van der Waals surface area contributed by atoms with Crippen molar-refractivity contribution in [2.75, 3.05) is 38.2 Å². The third-order valence-corrected chi connectivity index (χ3v) is 4.77. The van der Waals surface area contributed by atoms with Crippen LogP contribution in [0.2, 0.25) is 0 Å². The van der Waals surface area contributed by atoms with Crippen molar-refractivity contribution in [3.8, 4) is 0 Å². The zero-order chi connectivity index (χ0) is 15.0. The Kier molecular flexibility index (Phi) is 8.27. The molecule has 0 heterocycles. The molecule has 0 amide bonds. The molecule has 0 spiro atoms. The molecule has 0 aliphatic carbocycles. The van der Waals surface area contributed by atoms with Crippen molar-refractivity contribution in [1.82, 2.24) is 10.2 Å². The minimum atomic E-state index is 0.454. The predicted molar refractivity (Wildman–Crippen MR) is 92.8 cm³/mol. The number of aryl methyl sites for hydroxylation is 2. The summed E-state index contributed by atoms with van der Waals surface area (Å²) in [4.78, 5) is 2.48. The first-order valence-corrected chi connectivity index (χ1v) is 8.81. The summed E-state index contributed by atoms with van der Waals surface area (Å²) < 4.78 is 0. The first-order valence-electron chi connectivity index (χ1n) is 7.66. The van der Waals surface area contributed by atoms with E-state index in [9.17, 15) is 0 Å². The number of thioether (sulfide) groups is 1. The molecular weight excluding hydrogens is 264 g/mol. The van der Waals surface area contributed by atoms with Crippen LogP contribution in [-0.4, -0.2) is 43.1 Å². The van der Waals surface area contributed by atoms with E-state index in [4.69, 9.17) is 0 Å². The van der Waals surface area contributed by atoms with Crippen LogP contribution < -0.4 is 5.32 Å². The van der Waals surface area contributed by atoms with Crippen molar-refractivity contribution in [3.63, 3.8) is 0 Å². The lowest BCUT2D eigenvalue weighted by molar-refractivity contribution is 0.324. The molecule has 1 aromatic carbocycles. The summed E-state index contributed by atoms with van der Waals surface area (Å²) in [7, 11) is 2.06. The first kappa shape index (κ1) is 17.5. The van der Waals surface area contributed by atoms with Crippen LogP contribution in [-0.2, 0) is 0 Å². The topological polar surface area (TPSA) is 15.3 Å². The molecule has 2 nitrogen and oxygen atoms in total. The molecular formula is C17H30N2S. The number of rotatable bonds is 9. The van der Waals surface area contributed by atoms with Gasteiger partial charge in [0.25, 0.3) is 0 Å². The summed E-state index contributed by atoms with van der Waals surface area (Å²) in [5, 5.41) is 3.45. The van der Waals surface area contributed by atoms with Crippen LogP contribution in [0.4, 0.5) is 0 Å². The highest BCUT2D eigenvalue weighted by atomic mass is 32.2. The van der Waals surface area contributed by atoms with Gasteiger partial charge in [0.2, 0.25) is 0 Å². The van der Waals surface area contributed by atoms with E-state index < -0.39 is 0 Å². The van der Waals surface area contributed by atoms with E-state index in [1.807, 2.05) is 11.8 Å². The number of hydrogen-bond acceptors (Lipinski definition) is 3. The SMILES string of the molecule is CCN(CC)CCSCC(NC)c1cc(C)cc(C)c1. The number of nitrogens with one attached hydrogen (secondary N) is 1. The molecule has 0 bridgehead atoms. The van der Waals surface area contributed by atoms with Crippen LogP contribution in [0.1, 0.15) is 36.6 Å². The van der Waals surface area contributed by atoms with Gasteiger partial charge >= 0.3 is 0 Å². The fraction of sp³-hybridized carbons (Fsp3) is 0.647. The maximum Gasteiger partial charge on any atom is 0.0409 e.